The van der Waals surface area contributed by atoms with Crippen molar-refractivity contribution in [1.82, 2.24) is 25.2 Å². The van der Waals surface area contributed by atoms with Gasteiger partial charge in [-0.3, -0.25) is 9.59 Å². The second kappa shape index (κ2) is 9.06. The molecule has 2 unspecified atom stereocenters. The largest absolute Gasteiger partial charge is 0.339 e. The van der Waals surface area contributed by atoms with E-state index in [9.17, 15) is 14.0 Å². The molecule has 9 heteroatoms. The van der Waals surface area contributed by atoms with E-state index >= 15 is 0 Å². The van der Waals surface area contributed by atoms with Gasteiger partial charge in [0.15, 0.2) is 0 Å². The minimum Gasteiger partial charge on any atom is -0.339 e. The maximum atomic E-state index is 14.1. The fourth-order valence-electron chi connectivity index (χ4n) is 4.89. The van der Waals surface area contributed by atoms with Gasteiger partial charge in [0.1, 0.15) is 16.9 Å². The highest BCUT2D eigenvalue weighted by atomic mass is 19.1. The number of fused-ring (bicyclic) bond motifs is 2. The van der Waals surface area contributed by atoms with Gasteiger partial charge < -0.3 is 9.80 Å². The smallest absolute Gasteiger partial charge is 0.253 e. The Hall–Kier alpha value is -4.06. The van der Waals surface area contributed by atoms with Crippen LogP contribution in [0.4, 0.5) is 4.39 Å². The summed E-state index contributed by atoms with van der Waals surface area (Å²) in [6.07, 6.45) is 4.49. The third kappa shape index (κ3) is 4.27. The Morgan fingerprint density at radius 1 is 1.03 bits per heavy atom. The fraction of sp³-hybridized carbons (Fsp3) is 0.320. The number of hydrogen-bond donors (Lipinski definition) is 1. The predicted octanol–water partition coefficient (Wildman–Crippen LogP) is 2.99. The minimum atomic E-state index is -0.527. The lowest BCUT2D eigenvalue weighted by molar-refractivity contribution is -0.126. The molecule has 0 spiro atoms. The molecule has 172 valence electrons. The van der Waals surface area contributed by atoms with Gasteiger partial charge in [-0.1, -0.05) is 6.07 Å². The van der Waals surface area contributed by atoms with Crippen LogP contribution in [0.1, 0.15) is 34.3 Å². The van der Waals surface area contributed by atoms with Crippen LogP contribution in [0.3, 0.4) is 0 Å². The number of H-pyrrole nitrogens is 1. The van der Waals surface area contributed by atoms with E-state index in [0.29, 0.717) is 49.1 Å². The first kappa shape index (κ1) is 21.8. The second-order valence-electron chi connectivity index (χ2n) is 8.84. The van der Waals surface area contributed by atoms with Crippen LogP contribution < -0.4 is 0 Å². The molecule has 0 saturated carbocycles. The molecule has 8 nitrogen and oxygen atoms in total. The standard InChI is InChI=1S/C25H23FN6O2/c26-21-11-16(13-27)1-2-17(21)4-6-24(33)31-9-7-19-14-32(15-20(19)8-10-31)25(34)18-3-5-22-23(12-18)29-30-28-22/h1-6,11-12,19-20H,7-10,14-15H2,(H,28,29,30)/b6-4+. The summed E-state index contributed by atoms with van der Waals surface area (Å²) in [5, 5.41) is 19.5. The summed E-state index contributed by atoms with van der Waals surface area (Å²) in [5.41, 5.74) is 2.52. The van der Waals surface area contributed by atoms with Crippen LogP contribution in [-0.2, 0) is 4.79 Å². The van der Waals surface area contributed by atoms with Crippen LogP contribution in [0.5, 0.6) is 0 Å². The second-order valence-corrected chi connectivity index (χ2v) is 8.84. The summed E-state index contributed by atoms with van der Waals surface area (Å²) >= 11 is 0. The Bertz CT molecular complexity index is 1310. The lowest BCUT2D eigenvalue weighted by Crippen LogP contribution is -2.33. The first-order valence-electron chi connectivity index (χ1n) is 11.3. The van der Waals surface area contributed by atoms with Crippen LogP contribution in [0.15, 0.2) is 42.5 Å². The number of carbonyl (C=O) groups excluding carboxylic acids is 2. The average molecular weight is 458 g/mol. The Morgan fingerprint density at radius 3 is 2.47 bits per heavy atom. The molecule has 0 aliphatic carbocycles. The zero-order valence-corrected chi connectivity index (χ0v) is 18.4. The molecule has 2 aliphatic heterocycles. The Morgan fingerprint density at radius 2 is 1.76 bits per heavy atom. The highest BCUT2D eigenvalue weighted by Crippen LogP contribution is 2.33. The number of benzene rings is 2. The molecule has 0 bridgehead atoms. The number of rotatable bonds is 3. The van der Waals surface area contributed by atoms with Gasteiger partial charge in [0.05, 0.1) is 11.6 Å². The van der Waals surface area contributed by atoms with Gasteiger partial charge in [-0.25, -0.2) is 4.39 Å². The minimum absolute atomic E-state index is 0.00159. The van der Waals surface area contributed by atoms with Gasteiger partial charge in [0, 0.05) is 43.4 Å². The number of hydrogen-bond acceptors (Lipinski definition) is 5. The predicted molar refractivity (Wildman–Crippen MR) is 123 cm³/mol. The van der Waals surface area contributed by atoms with Gasteiger partial charge in [0.25, 0.3) is 5.91 Å². The molecule has 2 amide bonds. The van der Waals surface area contributed by atoms with Crippen molar-refractivity contribution < 1.29 is 14.0 Å². The number of carbonyl (C=O) groups is 2. The maximum absolute atomic E-state index is 14.1. The van der Waals surface area contributed by atoms with E-state index in [1.165, 1.54) is 24.3 Å². The van der Waals surface area contributed by atoms with Crippen LogP contribution in [0, 0.1) is 29.0 Å². The summed E-state index contributed by atoms with van der Waals surface area (Å²) < 4.78 is 14.1. The van der Waals surface area contributed by atoms with Crippen LogP contribution in [0.25, 0.3) is 17.1 Å². The van der Waals surface area contributed by atoms with Gasteiger partial charge >= 0.3 is 0 Å². The molecule has 5 rings (SSSR count). The van der Waals surface area contributed by atoms with E-state index in [4.69, 9.17) is 5.26 Å². The van der Waals surface area contributed by atoms with Gasteiger partial charge in [0.2, 0.25) is 5.91 Å². The quantitative estimate of drug-likeness (QED) is 0.608. The van der Waals surface area contributed by atoms with Crippen molar-refractivity contribution in [3.8, 4) is 6.07 Å². The van der Waals surface area contributed by atoms with Crippen molar-refractivity contribution in [2.24, 2.45) is 11.8 Å². The number of likely N-dealkylation sites (tertiary alicyclic amines) is 2. The van der Waals surface area contributed by atoms with E-state index in [1.807, 2.05) is 11.0 Å². The number of aromatic nitrogens is 3. The first-order valence-corrected chi connectivity index (χ1v) is 11.3. The van der Waals surface area contributed by atoms with E-state index in [1.54, 1.807) is 23.1 Å². The van der Waals surface area contributed by atoms with E-state index in [0.717, 1.165) is 24.4 Å². The third-order valence-electron chi connectivity index (χ3n) is 6.81. The van der Waals surface area contributed by atoms with Crippen molar-refractivity contribution in [3.05, 3.63) is 65.0 Å². The number of aromatic amines is 1. The average Bonchev–Trinajstić information content (AvgIpc) is 3.44. The molecule has 0 radical (unpaired) electrons. The molecule has 2 aliphatic rings. The Kier molecular flexibility index (Phi) is 5.80. The Labute approximate surface area is 195 Å². The number of nitriles is 1. The van der Waals surface area contributed by atoms with Gasteiger partial charge in [-0.15, -0.1) is 0 Å². The fourth-order valence-corrected chi connectivity index (χ4v) is 4.89. The maximum Gasteiger partial charge on any atom is 0.253 e. The van der Waals surface area contributed by atoms with Crippen molar-refractivity contribution in [2.75, 3.05) is 26.2 Å². The monoisotopic (exact) mass is 458 g/mol. The zero-order chi connectivity index (χ0) is 23.7. The summed E-state index contributed by atoms with van der Waals surface area (Å²) in [5.74, 6) is 0.00628. The number of nitrogens with one attached hydrogen (secondary N) is 1. The lowest BCUT2D eigenvalue weighted by atomic mass is 9.92. The van der Waals surface area contributed by atoms with E-state index in [2.05, 4.69) is 15.4 Å². The highest BCUT2D eigenvalue weighted by Gasteiger charge is 2.37. The highest BCUT2D eigenvalue weighted by molar-refractivity contribution is 5.97. The molecule has 2 fully saturated rings. The number of halogens is 1. The molecule has 3 aromatic rings. The van der Waals surface area contributed by atoms with E-state index < -0.39 is 5.82 Å². The summed E-state index contributed by atoms with van der Waals surface area (Å²) in [6.45, 7) is 2.56. The molecular formula is C25H23FN6O2. The molecular weight excluding hydrogens is 435 g/mol. The summed E-state index contributed by atoms with van der Waals surface area (Å²) in [4.78, 5) is 29.5. The zero-order valence-electron chi connectivity index (χ0n) is 18.4. The normalized spacial score (nSPS) is 20.4. The number of amides is 2. The third-order valence-corrected chi connectivity index (χ3v) is 6.81. The van der Waals surface area contributed by atoms with Crippen LogP contribution in [0.2, 0.25) is 0 Å². The Balaban J connectivity index is 1.19. The first-order chi connectivity index (χ1) is 16.5. The van der Waals surface area contributed by atoms with Gasteiger partial charge in [-0.2, -0.15) is 20.7 Å². The van der Waals surface area contributed by atoms with Crippen molar-refractivity contribution in [1.29, 1.82) is 5.26 Å². The molecule has 34 heavy (non-hydrogen) atoms. The van der Waals surface area contributed by atoms with Crippen molar-refractivity contribution >= 4 is 28.9 Å². The van der Waals surface area contributed by atoms with Crippen molar-refractivity contribution in [2.45, 2.75) is 12.8 Å². The molecule has 2 atom stereocenters. The topological polar surface area (TPSA) is 106 Å². The molecule has 1 aromatic heterocycles. The molecule has 3 heterocycles. The SMILES string of the molecule is N#Cc1ccc(/C=C/C(=O)N2CCC3CN(C(=O)c4ccc5n[nH]nc5c4)CC3CC2)c(F)c1. The molecule has 2 aromatic carbocycles. The molecule has 1 N–H and O–H groups in total. The van der Waals surface area contributed by atoms with Crippen LogP contribution >= 0.6 is 0 Å². The van der Waals surface area contributed by atoms with Gasteiger partial charge in [-0.05, 0) is 61.1 Å². The van der Waals surface area contributed by atoms with E-state index in [-0.39, 0.29) is 22.9 Å². The van der Waals surface area contributed by atoms with Crippen molar-refractivity contribution in [3.63, 3.8) is 0 Å². The lowest BCUT2D eigenvalue weighted by Gasteiger charge is -2.21. The van der Waals surface area contributed by atoms with Crippen LogP contribution in [-0.4, -0.2) is 63.2 Å². The number of nitrogens with zero attached hydrogens (tertiary/aromatic N) is 5. The summed E-state index contributed by atoms with van der Waals surface area (Å²) in [7, 11) is 0. The summed E-state index contributed by atoms with van der Waals surface area (Å²) in [6, 6.07) is 11.4. The molecule has 2 saturated heterocycles.